The lowest BCUT2D eigenvalue weighted by atomic mass is 10.2. The van der Waals surface area contributed by atoms with Gasteiger partial charge >= 0.3 is 0 Å². The van der Waals surface area contributed by atoms with Crippen LogP contribution in [0.5, 0.6) is 0 Å². The number of sulfonamides is 1. The Morgan fingerprint density at radius 3 is 2.42 bits per heavy atom. The van der Waals surface area contributed by atoms with E-state index in [1.54, 1.807) is 23.9 Å². The highest BCUT2D eigenvalue weighted by Crippen LogP contribution is 2.46. The van der Waals surface area contributed by atoms with E-state index in [0.29, 0.717) is 18.0 Å². The first kappa shape index (κ1) is 14.8. The summed E-state index contributed by atoms with van der Waals surface area (Å²) < 4.78 is 27.1. The van der Waals surface area contributed by atoms with E-state index in [-0.39, 0.29) is 4.75 Å². The molecule has 0 unspecified atom stereocenters. The van der Waals surface area contributed by atoms with Gasteiger partial charge in [0.25, 0.3) is 0 Å². The number of thioether (sulfide) groups is 1. The Kier molecular flexibility index (Phi) is 4.55. The summed E-state index contributed by atoms with van der Waals surface area (Å²) in [7, 11) is -3.39. The van der Waals surface area contributed by atoms with Gasteiger partial charge in [0.1, 0.15) is 0 Å². The lowest BCUT2D eigenvalue weighted by Gasteiger charge is -2.13. The molecule has 1 fully saturated rings. The molecule has 2 rings (SSSR count). The minimum atomic E-state index is -3.39. The van der Waals surface area contributed by atoms with Gasteiger partial charge in [0, 0.05) is 11.3 Å². The maximum atomic E-state index is 12.1. The van der Waals surface area contributed by atoms with Crippen molar-refractivity contribution in [1.29, 1.82) is 0 Å². The molecule has 0 spiro atoms. The van der Waals surface area contributed by atoms with Gasteiger partial charge in [-0.25, -0.2) is 13.1 Å². The molecule has 6 heteroatoms. The van der Waals surface area contributed by atoms with Crippen LogP contribution in [0.3, 0.4) is 0 Å². The van der Waals surface area contributed by atoms with Crippen molar-refractivity contribution in [3.8, 4) is 0 Å². The first-order chi connectivity index (χ1) is 9.01. The molecule has 4 nitrogen and oxygen atoms in total. The van der Waals surface area contributed by atoms with E-state index in [1.165, 1.54) is 0 Å². The van der Waals surface area contributed by atoms with Crippen LogP contribution < -0.4 is 10.5 Å². The van der Waals surface area contributed by atoms with Crippen molar-refractivity contribution in [2.24, 2.45) is 5.73 Å². The number of hydrogen-bond acceptors (Lipinski definition) is 4. The molecular weight excluding hydrogens is 280 g/mol. The molecule has 1 aliphatic carbocycles. The average molecular weight is 300 g/mol. The van der Waals surface area contributed by atoms with E-state index in [9.17, 15) is 8.42 Å². The van der Waals surface area contributed by atoms with E-state index in [0.717, 1.165) is 24.8 Å². The molecule has 106 valence electrons. The first-order valence-electron chi connectivity index (χ1n) is 6.35. The summed E-state index contributed by atoms with van der Waals surface area (Å²) in [5, 5.41) is 0. The summed E-state index contributed by atoms with van der Waals surface area (Å²) in [4.78, 5) is 0.324. The number of nitrogens with one attached hydrogen (secondary N) is 1. The largest absolute Gasteiger partial charge is 0.330 e. The van der Waals surface area contributed by atoms with E-state index < -0.39 is 10.0 Å². The van der Waals surface area contributed by atoms with Crippen LogP contribution >= 0.6 is 11.8 Å². The van der Waals surface area contributed by atoms with E-state index in [1.807, 2.05) is 18.4 Å². The zero-order valence-electron chi connectivity index (χ0n) is 11.1. The summed E-state index contributed by atoms with van der Waals surface area (Å²) in [5.41, 5.74) is 6.53. The van der Waals surface area contributed by atoms with Crippen LogP contribution in [-0.4, -0.2) is 32.5 Å². The molecule has 1 aliphatic rings. The van der Waals surface area contributed by atoms with Crippen LogP contribution in [0.1, 0.15) is 18.4 Å². The number of nitrogens with two attached hydrogens (primary N) is 1. The van der Waals surface area contributed by atoms with Crippen molar-refractivity contribution >= 4 is 21.8 Å². The quantitative estimate of drug-likeness (QED) is 0.797. The third-order valence-corrected chi connectivity index (χ3v) is 6.33. The van der Waals surface area contributed by atoms with E-state index >= 15 is 0 Å². The summed E-state index contributed by atoms with van der Waals surface area (Å²) >= 11 is 1.74. The standard InChI is InChI=1S/C13H20N2O2S2/c1-18-13(7-8-13)10-15-19(16,17)12-4-2-11(3-5-12)6-9-14/h2-5,15H,6-10,14H2,1H3. The maximum Gasteiger partial charge on any atom is 0.240 e. The van der Waals surface area contributed by atoms with Gasteiger partial charge < -0.3 is 5.73 Å². The zero-order chi connectivity index (χ0) is 13.9. The first-order valence-corrected chi connectivity index (χ1v) is 9.06. The predicted molar refractivity (Wildman–Crippen MR) is 79.9 cm³/mol. The second kappa shape index (κ2) is 5.83. The van der Waals surface area contributed by atoms with Crippen molar-refractivity contribution < 1.29 is 8.42 Å². The monoisotopic (exact) mass is 300 g/mol. The van der Waals surface area contributed by atoms with Gasteiger partial charge in [0.15, 0.2) is 0 Å². The Labute approximate surface area is 119 Å². The van der Waals surface area contributed by atoms with Gasteiger partial charge in [-0.15, -0.1) is 0 Å². The fourth-order valence-corrected chi connectivity index (χ4v) is 3.85. The molecule has 0 saturated heterocycles. The molecule has 0 heterocycles. The normalized spacial score (nSPS) is 17.4. The lowest BCUT2D eigenvalue weighted by Crippen LogP contribution is -2.31. The predicted octanol–water partition coefficient (Wildman–Crippen LogP) is 1.36. The smallest absolute Gasteiger partial charge is 0.240 e. The fourth-order valence-electron chi connectivity index (χ4n) is 1.90. The van der Waals surface area contributed by atoms with Crippen molar-refractivity contribution in [3.63, 3.8) is 0 Å². The Morgan fingerprint density at radius 2 is 1.95 bits per heavy atom. The van der Waals surface area contributed by atoms with Gasteiger partial charge in [-0.3, -0.25) is 0 Å². The summed E-state index contributed by atoms with van der Waals surface area (Å²) in [6.07, 6.45) is 4.98. The van der Waals surface area contributed by atoms with Gasteiger partial charge in [0.2, 0.25) is 10.0 Å². The third kappa shape index (κ3) is 3.72. The van der Waals surface area contributed by atoms with E-state index in [4.69, 9.17) is 5.73 Å². The minimum absolute atomic E-state index is 0.132. The number of rotatable bonds is 7. The highest BCUT2D eigenvalue weighted by atomic mass is 32.2. The Balaban J connectivity index is 2.02. The molecule has 1 saturated carbocycles. The van der Waals surface area contributed by atoms with Gasteiger partial charge in [-0.1, -0.05) is 12.1 Å². The summed E-state index contributed by atoms with van der Waals surface area (Å²) in [6, 6.07) is 6.93. The van der Waals surface area contributed by atoms with Crippen LogP contribution in [0.2, 0.25) is 0 Å². The summed E-state index contributed by atoms with van der Waals surface area (Å²) in [6.45, 7) is 1.08. The fraction of sp³-hybridized carbons (Fsp3) is 0.538. The SMILES string of the molecule is CSC1(CNS(=O)(=O)c2ccc(CCN)cc2)CC1. The molecule has 0 atom stereocenters. The molecule has 19 heavy (non-hydrogen) atoms. The molecule has 0 amide bonds. The molecular formula is C13H20N2O2S2. The summed E-state index contributed by atoms with van der Waals surface area (Å²) in [5.74, 6) is 0. The number of hydrogen-bond donors (Lipinski definition) is 2. The van der Waals surface area contributed by atoms with Crippen LogP contribution in [-0.2, 0) is 16.4 Å². The number of benzene rings is 1. The van der Waals surface area contributed by atoms with Crippen LogP contribution in [0.15, 0.2) is 29.2 Å². The zero-order valence-corrected chi connectivity index (χ0v) is 12.7. The second-order valence-electron chi connectivity index (χ2n) is 4.89. The second-order valence-corrected chi connectivity index (χ2v) is 7.94. The maximum absolute atomic E-state index is 12.1. The van der Waals surface area contributed by atoms with Crippen LogP contribution in [0, 0.1) is 0 Å². The van der Waals surface area contributed by atoms with Crippen molar-refractivity contribution in [2.45, 2.75) is 28.9 Å². The van der Waals surface area contributed by atoms with E-state index in [2.05, 4.69) is 4.72 Å². The highest BCUT2D eigenvalue weighted by Gasteiger charge is 2.42. The molecule has 0 radical (unpaired) electrons. The molecule has 0 aliphatic heterocycles. The highest BCUT2D eigenvalue weighted by molar-refractivity contribution is 8.00. The third-order valence-electron chi connectivity index (χ3n) is 3.49. The molecule has 3 N–H and O–H groups in total. The molecule has 1 aromatic rings. The van der Waals surface area contributed by atoms with Crippen molar-refractivity contribution in [1.82, 2.24) is 4.72 Å². The Bertz CT molecular complexity index is 522. The van der Waals surface area contributed by atoms with Gasteiger partial charge in [0.05, 0.1) is 4.90 Å². The molecule has 1 aromatic carbocycles. The lowest BCUT2D eigenvalue weighted by molar-refractivity contribution is 0.579. The Morgan fingerprint density at radius 1 is 1.32 bits per heavy atom. The van der Waals surface area contributed by atoms with Crippen molar-refractivity contribution in [2.75, 3.05) is 19.3 Å². The minimum Gasteiger partial charge on any atom is -0.330 e. The van der Waals surface area contributed by atoms with Gasteiger partial charge in [-0.05, 0) is 49.8 Å². The van der Waals surface area contributed by atoms with Crippen molar-refractivity contribution in [3.05, 3.63) is 29.8 Å². The topological polar surface area (TPSA) is 72.2 Å². The van der Waals surface area contributed by atoms with Crippen LogP contribution in [0.25, 0.3) is 0 Å². The molecule has 0 aromatic heterocycles. The molecule has 0 bridgehead atoms. The van der Waals surface area contributed by atoms with Gasteiger partial charge in [-0.2, -0.15) is 11.8 Å². The average Bonchev–Trinajstić information content (AvgIpc) is 3.18. The Hall–Kier alpha value is -0.560. The van der Waals surface area contributed by atoms with Crippen LogP contribution in [0.4, 0.5) is 0 Å².